The maximum atomic E-state index is 13.8. The number of benzene rings is 1. The SMILES string of the molecule is Cc1ccc(CNC2[C@H](F)CN(C)C[C@H]2F)cc1. The van der Waals surface area contributed by atoms with Crippen molar-refractivity contribution in [2.75, 3.05) is 20.1 Å². The summed E-state index contributed by atoms with van der Waals surface area (Å²) in [5.74, 6) is 0. The highest BCUT2D eigenvalue weighted by Crippen LogP contribution is 2.17. The van der Waals surface area contributed by atoms with Crippen LogP contribution >= 0.6 is 0 Å². The average molecular weight is 254 g/mol. The third kappa shape index (κ3) is 3.27. The quantitative estimate of drug-likeness (QED) is 0.888. The summed E-state index contributed by atoms with van der Waals surface area (Å²) in [6.45, 7) is 3.12. The van der Waals surface area contributed by atoms with Crippen molar-refractivity contribution in [1.82, 2.24) is 10.2 Å². The molecular formula is C14H20F2N2. The minimum atomic E-state index is -1.15. The van der Waals surface area contributed by atoms with Crippen molar-refractivity contribution in [2.45, 2.75) is 31.9 Å². The number of nitrogens with zero attached hydrogens (tertiary/aromatic N) is 1. The summed E-state index contributed by atoms with van der Waals surface area (Å²) >= 11 is 0. The summed E-state index contributed by atoms with van der Waals surface area (Å²) in [5.41, 5.74) is 2.24. The Morgan fingerprint density at radius 1 is 1.17 bits per heavy atom. The molecule has 1 aromatic carbocycles. The molecule has 100 valence electrons. The van der Waals surface area contributed by atoms with Gasteiger partial charge in [-0.1, -0.05) is 29.8 Å². The molecular weight excluding hydrogens is 234 g/mol. The highest BCUT2D eigenvalue weighted by atomic mass is 19.1. The Bertz CT molecular complexity index is 368. The molecule has 0 radical (unpaired) electrons. The van der Waals surface area contributed by atoms with Crippen LogP contribution in [0, 0.1) is 6.92 Å². The number of nitrogens with one attached hydrogen (secondary N) is 1. The smallest absolute Gasteiger partial charge is 0.131 e. The molecule has 4 heteroatoms. The van der Waals surface area contributed by atoms with Crippen molar-refractivity contribution >= 4 is 0 Å². The van der Waals surface area contributed by atoms with Gasteiger partial charge in [0.2, 0.25) is 0 Å². The number of piperidine rings is 1. The van der Waals surface area contributed by atoms with Crippen LogP contribution in [0.15, 0.2) is 24.3 Å². The van der Waals surface area contributed by atoms with Crippen LogP contribution in [0.3, 0.4) is 0 Å². The van der Waals surface area contributed by atoms with E-state index in [1.807, 2.05) is 31.2 Å². The van der Waals surface area contributed by atoms with Crippen LogP contribution in [0.2, 0.25) is 0 Å². The van der Waals surface area contributed by atoms with Gasteiger partial charge in [0.05, 0.1) is 6.04 Å². The van der Waals surface area contributed by atoms with Gasteiger partial charge in [-0.2, -0.15) is 0 Å². The number of hydrogen-bond acceptors (Lipinski definition) is 2. The van der Waals surface area contributed by atoms with Gasteiger partial charge in [0.1, 0.15) is 12.3 Å². The van der Waals surface area contributed by atoms with Gasteiger partial charge in [-0.15, -0.1) is 0 Å². The number of aryl methyl sites for hydroxylation is 1. The van der Waals surface area contributed by atoms with E-state index in [4.69, 9.17) is 0 Å². The highest BCUT2D eigenvalue weighted by molar-refractivity contribution is 5.21. The molecule has 0 aromatic heterocycles. The summed E-state index contributed by atoms with van der Waals surface area (Å²) in [6.07, 6.45) is -2.30. The van der Waals surface area contributed by atoms with Gasteiger partial charge in [-0.25, -0.2) is 8.78 Å². The highest BCUT2D eigenvalue weighted by Gasteiger charge is 2.35. The predicted molar refractivity (Wildman–Crippen MR) is 69.1 cm³/mol. The van der Waals surface area contributed by atoms with Gasteiger partial charge < -0.3 is 10.2 Å². The molecule has 1 aliphatic rings. The predicted octanol–water partition coefficient (Wildman–Crippen LogP) is 2.07. The zero-order valence-electron chi connectivity index (χ0n) is 10.9. The summed E-state index contributed by atoms with van der Waals surface area (Å²) in [4.78, 5) is 1.69. The van der Waals surface area contributed by atoms with E-state index in [-0.39, 0.29) is 0 Å². The van der Waals surface area contributed by atoms with E-state index in [1.165, 1.54) is 5.56 Å². The Labute approximate surface area is 107 Å². The molecule has 0 unspecified atom stereocenters. The molecule has 0 amide bonds. The standard InChI is InChI=1S/C14H20F2N2/c1-10-3-5-11(6-4-10)7-17-14-12(15)8-18(2)9-13(14)16/h3-6,12-14,17H,7-9H2,1-2H3/t12-,13-/m1/s1. The fourth-order valence-electron chi connectivity index (χ4n) is 2.32. The maximum absolute atomic E-state index is 13.8. The first kappa shape index (κ1) is 13.4. The Kier molecular flexibility index (Phi) is 4.30. The van der Waals surface area contributed by atoms with Gasteiger partial charge in [0, 0.05) is 19.6 Å². The fraction of sp³-hybridized carbons (Fsp3) is 0.571. The van der Waals surface area contributed by atoms with Crippen LogP contribution < -0.4 is 5.32 Å². The monoisotopic (exact) mass is 254 g/mol. The van der Waals surface area contributed by atoms with Crippen molar-refractivity contribution < 1.29 is 8.78 Å². The van der Waals surface area contributed by atoms with Gasteiger partial charge >= 0.3 is 0 Å². The molecule has 1 aromatic rings. The largest absolute Gasteiger partial charge is 0.305 e. The average Bonchev–Trinajstić information content (AvgIpc) is 2.30. The summed E-state index contributed by atoms with van der Waals surface area (Å²) in [6, 6.07) is 7.29. The fourth-order valence-corrected chi connectivity index (χ4v) is 2.32. The van der Waals surface area contributed by atoms with E-state index >= 15 is 0 Å². The van der Waals surface area contributed by atoms with Crippen molar-refractivity contribution in [3.8, 4) is 0 Å². The molecule has 0 bridgehead atoms. The molecule has 0 spiro atoms. The number of halogens is 2. The normalized spacial score (nSPS) is 26.4. The van der Waals surface area contributed by atoms with Crippen LogP contribution in [0.1, 0.15) is 11.1 Å². The molecule has 1 heterocycles. The van der Waals surface area contributed by atoms with E-state index < -0.39 is 18.4 Å². The first-order valence-corrected chi connectivity index (χ1v) is 6.32. The van der Waals surface area contributed by atoms with Crippen molar-refractivity contribution in [2.24, 2.45) is 0 Å². The molecule has 0 saturated carbocycles. The first-order chi connectivity index (χ1) is 8.56. The molecule has 2 atom stereocenters. The Balaban J connectivity index is 1.91. The third-order valence-corrected chi connectivity index (χ3v) is 3.41. The van der Waals surface area contributed by atoms with Gasteiger partial charge in [0.25, 0.3) is 0 Å². The number of alkyl halides is 2. The molecule has 2 rings (SSSR count). The zero-order chi connectivity index (χ0) is 13.1. The van der Waals surface area contributed by atoms with E-state index in [2.05, 4.69) is 5.32 Å². The van der Waals surface area contributed by atoms with E-state index in [0.29, 0.717) is 19.6 Å². The second kappa shape index (κ2) is 5.76. The van der Waals surface area contributed by atoms with Gasteiger partial charge in [-0.05, 0) is 19.5 Å². The Morgan fingerprint density at radius 3 is 2.28 bits per heavy atom. The minimum Gasteiger partial charge on any atom is -0.305 e. The van der Waals surface area contributed by atoms with Crippen LogP contribution in [0.25, 0.3) is 0 Å². The lowest BCUT2D eigenvalue weighted by Gasteiger charge is -2.35. The molecule has 1 saturated heterocycles. The van der Waals surface area contributed by atoms with Crippen LogP contribution in [0.5, 0.6) is 0 Å². The Hall–Kier alpha value is -1.00. The summed E-state index contributed by atoms with van der Waals surface area (Å²) in [7, 11) is 1.75. The number of likely N-dealkylation sites (tertiary alicyclic amines) is 1. The lowest BCUT2D eigenvalue weighted by atomic mass is 10.0. The number of hydrogen-bond donors (Lipinski definition) is 1. The Morgan fingerprint density at radius 2 is 1.72 bits per heavy atom. The van der Waals surface area contributed by atoms with Crippen molar-refractivity contribution in [3.63, 3.8) is 0 Å². The molecule has 0 aliphatic carbocycles. The lowest BCUT2D eigenvalue weighted by molar-refractivity contribution is 0.0510. The second-order valence-electron chi connectivity index (χ2n) is 5.15. The van der Waals surface area contributed by atoms with Crippen LogP contribution in [-0.4, -0.2) is 43.4 Å². The zero-order valence-corrected chi connectivity index (χ0v) is 10.9. The minimum absolute atomic E-state index is 0.298. The second-order valence-corrected chi connectivity index (χ2v) is 5.15. The first-order valence-electron chi connectivity index (χ1n) is 6.32. The van der Waals surface area contributed by atoms with Crippen LogP contribution in [0.4, 0.5) is 8.78 Å². The van der Waals surface area contributed by atoms with E-state index in [9.17, 15) is 8.78 Å². The molecule has 1 fully saturated rings. The van der Waals surface area contributed by atoms with Crippen molar-refractivity contribution in [3.05, 3.63) is 35.4 Å². The molecule has 18 heavy (non-hydrogen) atoms. The molecule has 1 N–H and O–H groups in total. The van der Waals surface area contributed by atoms with Crippen LogP contribution in [-0.2, 0) is 6.54 Å². The third-order valence-electron chi connectivity index (χ3n) is 3.41. The van der Waals surface area contributed by atoms with Gasteiger partial charge in [-0.3, -0.25) is 0 Å². The van der Waals surface area contributed by atoms with Gasteiger partial charge in [0.15, 0.2) is 0 Å². The van der Waals surface area contributed by atoms with Crippen molar-refractivity contribution in [1.29, 1.82) is 0 Å². The maximum Gasteiger partial charge on any atom is 0.131 e. The topological polar surface area (TPSA) is 15.3 Å². The molecule has 2 nitrogen and oxygen atoms in total. The molecule has 1 aliphatic heterocycles. The number of rotatable bonds is 3. The summed E-state index contributed by atoms with van der Waals surface area (Å²) in [5, 5.41) is 3.00. The van der Waals surface area contributed by atoms with E-state index in [1.54, 1.807) is 11.9 Å². The summed E-state index contributed by atoms with van der Waals surface area (Å²) < 4.78 is 27.5. The van der Waals surface area contributed by atoms with E-state index in [0.717, 1.165) is 5.56 Å². The lowest BCUT2D eigenvalue weighted by Crippen LogP contribution is -2.56.